The minimum Gasteiger partial charge on any atom is -0.342 e. The van der Waals surface area contributed by atoms with Crippen LogP contribution in [0.3, 0.4) is 0 Å². The Morgan fingerprint density at radius 2 is 2.00 bits per heavy atom. The molecule has 4 rings (SSSR count). The summed E-state index contributed by atoms with van der Waals surface area (Å²) in [6.45, 7) is 0. The van der Waals surface area contributed by atoms with Crippen LogP contribution in [0, 0.1) is 0 Å². The van der Waals surface area contributed by atoms with Crippen molar-refractivity contribution in [3.05, 3.63) is 47.2 Å². The Morgan fingerprint density at radius 3 is 2.75 bits per heavy atom. The molecule has 2 aliphatic rings. The number of imidazole rings is 1. The summed E-state index contributed by atoms with van der Waals surface area (Å²) in [6, 6.07) is 5.46. The van der Waals surface area contributed by atoms with Gasteiger partial charge in [-0.3, -0.25) is 4.72 Å². The number of hydrogen-bond donors (Lipinski definition) is 2. The molecule has 1 saturated carbocycles. The lowest BCUT2D eigenvalue weighted by Gasteiger charge is -2.11. The summed E-state index contributed by atoms with van der Waals surface area (Å²) in [6.07, 6.45) is 11.8. The molecule has 0 unspecified atom stereocenters. The zero-order valence-electron chi connectivity index (χ0n) is 13.5. The second kappa shape index (κ2) is 6.09. The van der Waals surface area contributed by atoms with Crippen molar-refractivity contribution in [3.8, 4) is 0 Å². The first-order chi connectivity index (χ1) is 11.6. The molecule has 0 spiro atoms. The molecule has 6 heteroatoms. The molecule has 24 heavy (non-hydrogen) atoms. The van der Waals surface area contributed by atoms with Gasteiger partial charge >= 0.3 is 0 Å². The molecule has 5 nitrogen and oxygen atoms in total. The third-order valence-electron chi connectivity index (χ3n) is 4.77. The Hall–Kier alpha value is -2.08. The Balaban J connectivity index is 1.60. The second-order valence-electron chi connectivity index (χ2n) is 6.53. The van der Waals surface area contributed by atoms with E-state index in [1.54, 1.807) is 18.2 Å². The molecule has 0 radical (unpaired) electrons. The first kappa shape index (κ1) is 15.4. The first-order valence-corrected chi connectivity index (χ1v) is 9.99. The average Bonchev–Trinajstić information content (AvgIpc) is 3.24. The molecule has 0 saturated heterocycles. The van der Waals surface area contributed by atoms with Gasteiger partial charge in [0, 0.05) is 5.92 Å². The number of aromatic nitrogens is 2. The zero-order valence-corrected chi connectivity index (χ0v) is 14.3. The summed E-state index contributed by atoms with van der Waals surface area (Å²) in [7, 11) is -3.52. The number of H-pyrrole nitrogens is 1. The van der Waals surface area contributed by atoms with Crippen molar-refractivity contribution in [2.75, 3.05) is 4.72 Å². The van der Waals surface area contributed by atoms with E-state index in [1.165, 1.54) is 25.7 Å². The van der Waals surface area contributed by atoms with Crippen molar-refractivity contribution >= 4 is 26.7 Å². The van der Waals surface area contributed by atoms with Crippen molar-refractivity contribution in [1.29, 1.82) is 0 Å². The summed E-state index contributed by atoms with van der Waals surface area (Å²) in [5.74, 6) is 1.54. The van der Waals surface area contributed by atoms with E-state index in [1.807, 2.05) is 18.2 Å². The summed E-state index contributed by atoms with van der Waals surface area (Å²) in [5, 5.41) is 0. The van der Waals surface area contributed by atoms with Crippen molar-refractivity contribution in [2.24, 2.45) is 0 Å². The fourth-order valence-electron chi connectivity index (χ4n) is 3.49. The van der Waals surface area contributed by atoms with Gasteiger partial charge in [0.25, 0.3) is 10.0 Å². The van der Waals surface area contributed by atoms with Crippen molar-refractivity contribution in [2.45, 2.75) is 44.4 Å². The van der Waals surface area contributed by atoms with Gasteiger partial charge in [0.05, 0.1) is 21.6 Å². The average molecular weight is 343 g/mol. The lowest BCUT2D eigenvalue weighted by molar-refractivity contribution is 0.607. The number of sulfonamides is 1. The summed E-state index contributed by atoms with van der Waals surface area (Å²) >= 11 is 0. The minimum absolute atomic E-state index is 0.338. The number of allylic oxidation sites excluding steroid dienone is 3. The van der Waals surface area contributed by atoms with Gasteiger partial charge in [-0.2, -0.15) is 0 Å². The highest BCUT2D eigenvalue weighted by Crippen LogP contribution is 2.33. The molecule has 0 aliphatic heterocycles. The van der Waals surface area contributed by atoms with Crippen LogP contribution < -0.4 is 4.72 Å². The van der Waals surface area contributed by atoms with Crippen molar-refractivity contribution < 1.29 is 8.42 Å². The summed E-state index contributed by atoms with van der Waals surface area (Å²) in [5.41, 5.74) is 2.32. The lowest BCUT2D eigenvalue weighted by Crippen LogP contribution is -2.14. The lowest BCUT2D eigenvalue weighted by atomic mass is 10.1. The van der Waals surface area contributed by atoms with Gasteiger partial charge in [-0.1, -0.05) is 25.0 Å². The van der Waals surface area contributed by atoms with Gasteiger partial charge in [-0.15, -0.1) is 0 Å². The molecule has 1 heterocycles. The maximum atomic E-state index is 12.4. The van der Waals surface area contributed by atoms with Crippen LogP contribution in [-0.4, -0.2) is 18.4 Å². The van der Waals surface area contributed by atoms with Crippen LogP contribution in [0.15, 0.2) is 41.3 Å². The van der Waals surface area contributed by atoms with Gasteiger partial charge < -0.3 is 4.98 Å². The molecule has 1 fully saturated rings. The Morgan fingerprint density at radius 1 is 1.17 bits per heavy atom. The van der Waals surface area contributed by atoms with Crippen molar-refractivity contribution in [3.63, 3.8) is 0 Å². The van der Waals surface area contributed by atoms with Gasteiger partial charge in [0.2, 0.25) is 0 Å². The van der Waals surface area contributed by atoms with Gasteiger partial charge in [0.1, 0.15) is 5.82 Å². The van der Waals surface area contributed by atoms with E-state index in [-0.39, 0.29) is 0 Å². The topological polar surface area (TPSA) is 74.8 Å². The Kier molecular flexibility index (Phi) is 3.92. The highest BCUT2D eigenvalue weighted by Gasteiger charge is 2.21. The third kappa shape index (κ3) is 2.98. The monoisotopic (exact) mass is 343 g/mol. The molecular formula is C18H21N3O2S. The molecular weight excluding hydrogens is 322 g/mol. The number of fused-ring (bicyclic) bond motifs is 1. The van der Waals surface area contributed by atoms with E-state index in [9.17, 15) is 8.42 Å². The van der Waals surface area contributed by atoms with E-state index in [4.69, 9.17) is 0 Å². The van der Waals surface area contributed by atoms with E-state index < -0.39 is 10.0 Å². The fourth-order valence-corrected chi connectivity index (χ4v) is 4.66. The Bertz CT molecular complexity index is 919. The van der Waals surface area contributed by atoms with Gasteiger partial charge in [-0.25, -0.2) is 13.4 Å². The highest BCUT2D eigenvalue weighted by molar-refractivity contribution is 7.96. The molecule has 126 valence electrons. The summed E-state index contributed by atoms with van der Waals surface area (Å²) in [4.78, 5) is 8.37. The number of anilines is 1. The van der Waals surface area contributed by atoms with Crippen LogP contribution in [0.25, 0.3) is 11.0 Å². The smallest absolute Gasteiger partial charge is 0.261 e. The zero-order chi connectivity index (χ0) is 16.6. The minimum atomic E-state index is -3.52. The SMILES string of the molecule is O=S(=O)(Nc1ccc2nc(C3CCCC3)[nH]c2c1)C1=CCCC=C1. The number of aromatic amines is 1. The molecule has 1 aromatic carbocycles. The van der Waals surface area contributed by atoms with Gasteiger partial charge in [0.15, 0.2) is 0 Å². The van der Waals surface area contributed by atoms with Crippen LogP contribution in [0.1, 0.15) is 50.3 Å². The number of nitrogens with zero attached hydrogens (tertiary/aromatic N) is 1. The predicted molar refractivity (Wildman–Crippen MR) is 96.3 cm³/mol. The largest absolute Gasteiger partial charge is 0.342 e. The second-order valence-corrected chi connectivity index (χ2v) is 8.21. The molecule has 0 bridgehead atoms. The van der Waals surface area contributed by atoms with E-state index in [0.717, 1.165) is 29.7 Å². The van der Waals surface area contributed by atoms with Crippen molar-refractivity contribution in [1.82, 2.24) is 9.97 Å². The number of rotatable bonds is 4. The van der Waals surface area contributed by atoms with Crippen LogP contribution >= 0.6 is 0 Å². The molecule has 2 aromatic rings. The van der Waals surface area contributed by atoms with Crippen LogP contribution in [0.5, 0.6) is 0 Å². The Labute approximate surface area is 141 Å². The molecule has 2 aliphatic carbocycles. The molecule has 0 atom stereocenters. The van der Waals surface area contributed by atoms with E-state index in [2.05, 4.69) is 14.7 Å². The van der Waals surface area contributed by atoms with Gasteiger partial charge in [-0.05, 0) is 50.0 Å². The van der Waals surface area contributed by atoms with E-state index >= 15 is 0 Å². The number of hydrogen-bond acceptors (Lipinski definition) is 3. The summed E-state index contributed by atoms with van der Waals surface area (Å²) < 4.78 is 27.6. The normalized spacial score (nSPS) is 18.9. The molecule has 0 amide bonds. The van der Waals surface area contributed by atoms with Crippen LogP contribution in [-0.2, 0) is 10.0 Å². The predicted octanol–water partition coefficient (Wildman–Crippen LogP) is 4.20. The number of nitrogens with one attached hydrogen (secondary N) is 2. The van der Waals surface area contributed by atoms with Crippen LogP contribution in [0.4, 0.5) is 5.69 Å². The highest BCUT2D eigenvalue weighted by atomic mass is 32.2. The fraction of sp³-hybridized carbons (Fsp3) is 0.389. The molecule has 1 aromatic heterocycles. The van der Waals surface area contributed by atoms with E-state index in [0.29, 0.717) is 16.5 Å². The maximum Gasteiger partial charge on any atom is 0.261 e. The third-order valence-corrected chi connectivity index (χ3v) is 6.19. The van der Waals surface area contributed by atoms with Crippen LogP contribution in [0.2, 0.25) is 0 Å². The maximum absolute atomic E-state index is 12.4. The number of benzene rings is 1. The molecule has 2 N–H and O–H groups in total. The quantitative estimate of drug-likeness (QED) is 0.874. The first-order valence-electron chi connectivity index (χ1n) is 8.51. The standard InChI is InChI=1S/C18H21N3O2S/c22-24(23,15-8-2-1-3-9-15)21-14-10-11-16-17(12-14)20-18(19-16)13-6-4-5-7-13/h2,8-13,21H,1,3-7H2,(H,19,20).